The summed E-state index contributed by atoms with van der Waals surface area (Å²) in [5, 5.41) is 12.7. The number of nitrogens with zero attached hydrogens (tertiary/aromatic N) is 2. The van der Waals surface area contributed by atoms with E-state index in [0.29, 0.717) is 12.1 Å². The van der Waals surface area contributed by atoms with E-state index in [1.807, 2.05) is 35.8 Å². The molecule has 0 fully saturated rings. The van der Waals surface area contributed by atoms with Crippen molar-refractivity contribution in [1.82, 2.24) is 14.9 Å². The minimum Gasteiger partial charge on any atom is -0.386 e. The normalized spacial score (nSPS) is 12.3. The van der Waals surface area contributed by atoms with Gasteiger partial charge in [-0.15, -0.1) is 0 Å². The number of hydrogen-bond donors (Lipinski definition) is 2. The van der Waals surface area contributed by atoms with Crippen molar-refractivity contribution in [3.05, 3.63) is 53.6 Å². The van der Waals surface area contributed by atoms with E-state index in [2.05, 4.69) is 10.3 Å². The van der Waals surface area contributed by atoms with Gasteiger partial charge in [0.25, 0.3) is 0 Å². The fourth-order valence-corrected chi connectivity index (χ4v) is 1.96. The Morgan fingerprint density at radius 3 is 2.48 bits per heavy atom. The Morgan fingerprint density at radius 2 is 2.00 bits per heavy atom. The van der Waals surface area contributed by atoms with Gasteiger partial charge < -0.3 is 15.0 Å². The lowest BCUT2D eigenvalue weighted by molar-refractivity contribution is -0.108. The van der Waals surface area contributed by atoms with Crippen LogP contribution in [-0.4, -0.2) is 21.1 Å². The first-order valence-corrected chi connectivity index (χ1v) is 6.65. The van der Waals surface area contributed by atoms with Crippen molar-refractivity contribution in [2.75, 3.05) is 0 Å². The highest BCUT2D eigenvalue weighted by atomic mass is 16.3. The van der Waals surface area contributed by atoms with E-state index >= 15 is 0 Å². The molecule has 0 aliphatic rings. The number of benzene rings is 1. The van der Waals surface area contributed by atoms with Gasteiger partial charge >= 0.3 is 0 Å². The van der Waals surface area contributed by atoms with Gasteiger partial charge in [0.2, 0.25) is 6.41 Å². The fraction of sp³-hybridized carbons (Fsp3) is 0.250. The molecule has 2 aromatic rings. The number of rotatable bonds is 5. The van der Waals surface area contributed by atoms with Gasteiger partial charge in [-0.1, -0.05) is 24.3 Å². The average Bonchev–Trinajstić information content (AvgIpc) is 2.83. The molecule has 5 nitrogen and oxygen atoms in total. The minimum atomic E-state index is -0.887. The molecule has 0 saturated carbocycles. The number of amides is 1. The van der Waals surface area contributed by atoms with Crippen LogP contribution in [0.2, 0.25) is 0 Å². The van der Waals surface area contributed by atoms with Gasteiger partial charge in [0.05, 0.1) is 17.6 Å². The van der Waals surface area contributed by atoms with Gasteiger partial charge in [0.1, 0.15) is 0 Å². The molecule has 21 heavy (non-hydrogen) atoms. The van der Waals surface area contributed by atoms with Gasteiger partial charge in [0.15, 0.2) is 0 Å². The second-order valence-electron chi connectivity index (χ2n) is 5.38. The third-order valence-electron chi connectivity index (χ3n) is 3.24. The first kappa shape index (κ1) is 15.0. The minimum absolute atomic E-state index is 0.641. The summed E-state index contributed by atoms with van der Waals surface area (Å²) in [7, 11) is 0. The molecule has 0 bridgehead atoms. The highest BCUT2D eigenvalue weighted by Gasteiger charge is 2.15. The van der Waals surface area contributed by atoms with Gasteiger partial charge in [-0.05, 0) is 31.9 Å². The van der Waals surface area contributed by atoms with Crippen molar-refractivity contribution in [2.45, 2.75) is 26.4 Å². The standard InChI is InChI=1S/C16H19N3O2/c1-12-8-17-10-19(12)9-15(18-11-20)13-4-6-14(7-5-13)16(2,3)21/h4-11,21H,1-3H3,(H,18,20)/b15-9-. The number of carbonyl (C=O) groups excluding carboxylic acids is 1. The van der Waals surface area contributed by atoms with Crippen molar-refractivity contribution in [2.24, 2.45) is 0 Å². The molecule has 0 spiro atoms. The molecule has 1 heterocycles. The van der Waals surface area contributed by atoms with E-state index in [9.17, 15) is 9.90 Å². The van der Waals surface area contributed by atoms with Crippen LogP contribution in [0.1, 0.15) is 30.7 Å². The van der Waals surface area contributed by atoms with E-state index in [1.165, 1.54) is 0 Å². The molecule has 1 aromatic heterocycles. The zero-order valence-corrected chi connectivity index (χ0v) is 12.4. The van der Waals surface area contributed by atoms with E-state index in [4.69, 9.17) is 0 Å². The molecule has 2 N–H and O–H groups in total. The lowest BCUT2D eigenvalue weighted by atomic mass is 9.97. The number of hydrogen-bond acceptors (Lipinski definition) is 3. The smallest absolute Gasteiger partial charge is 0.211 e. The Balaban J connectivity index is 2.37. The number of aliphatic hydroxyl groups is 1. The number of imidazole rings is 1. The van der Waals surface area contributed by atoms with Gasteiger partial charge in [-0.2, -0.15) is 0 Å². The summed E-state index contributed by atoms with van der Waals surface area (Å²) >= 11 is 0. The molecule has 0 aliphatic carbocycles. The van der Waals surface area contributed by atoms with Crippen LogP contribution in [0.15, 0.2) is 36.8 Å². The van der Waals surface area contributed by atoms with Crippen LogP contribution in [0, 0.1) is 6.92 Å². The first-order valence-electron chi connectivity index (χ1n) is 6.65. The molecular formula is C16H19N3O2. The van der Waals surface area contributed by atoms with E-state index < -0.39 is 5.60 Å². The fourth-order valence-electron chi connectivity index (χ4n) is 1.96. The van der Waals surface area contributed by atoms with Crippen LogP contribution >= 0.6 is 0 Å². The lowest BCUT2D eigenvalue weighted by Crippen LogP contribution is -2.15. The molecule has 1 aromatic carbocycles. The van der Waals surface area contributed by atoms with Crippen LogP contribution in [0.25, 0.3) is 11.9 Å². The molecule has 0 saturated heterocycles. The average molecular weight is 285 g/mol. The number of carbonyl (C=O) groups is 1. The van der Waals surface area contributed by atoms with Gasteiger partial charge in [-0.25, -0.2) is 4.98 Å². The Morgan fingerprint density at radius 1 is 1.33 bits per heavy atom. The summed E-state index contributed by atoms with van der Waals surface area (Å²) in [5.41, 5.74) is 2.40. The van der Waals surface area contributed by atoms with Crippen molar-refractivity contribution < 1.29 is 9.90 Å². The third-order valence-corrected chi connectivity index (χ3v) is 3.24. The summed E-state index contributed by atoms with van der Waals surface area (Å²) < 4.78 is 1.83. The van der Waals surface area contributed by atoms with E-state index in [-0.39, 0.29) is 0 Å². The molecule has 0 unspecified atom stereocenters. The Bertz CT molecular complexity index is 649. The number of aryl methyl sites for hydroxylation is 1. The van der Waals surface area contributed by atoms with Crippen LogP contribution in [0.5, 0.6) is 0 Å². The SMILES string of the molecule is Cc1cncn1/C=C(\NC=O)c1ccc(C(C)(C)O)cc1. The predicted octanol–water partition coefficient (Wildman–Crippen LogP) is 2.12. The van der Waals surface area contributed by atoms with Crippen LogP contribution in [0.3, 0.4) is 0 Å². The number of nitrogens with one attached hydrogen (secondary N) is 1. The van der Waals surface area contributed by atoms with Crippen LogP contribution < -0.4 is 5.32 Å². The second kappa shape index (κ2) is 5.93. The molecular weight excluding hydrogens is 266 g/mol. The Hall–Kier alpha value is -2.40. The highest BCUT2D eigenvalue weighted by molar-refractivity contribution is 5.81. The van der Waals surface area contributed by atoms with Gasteiger partial charge in [-0.3, -0.25) is 4.79 Å². The maximum Gasteiger partial charge on any atom is 0.211 e. The Kier molecular flexibility index (Phi) is 4.23. The van der Waals surface area contributed by atoms with Crippen molar-refractivity contribution in [3.63, 3.8) is 0 Å². The summed E-state index contributed by atoms with van der Waals surface area (Å²) in [5.74, 6) is 0. The maximum absolute atomic E-state index is 10.8. The Labute approximate surface area is 123 Å². The summed E-state index contributed by atoms with van der Waals surface area (Å²) in [4.78, 5) is 14.9. The zero-order valence-electron chi connectivity index (χ0n) is 12.4. The van der Waals surface area contributed by atoms with Crippen LogP contribution in [0.4, 0.5) is 0 Å². The molecule has 2 rings (SSSR count). The molecule has 0 atom stereocenters. The van der Waals surface area contributed by atoms with Crippen molar-refractivity contribution in [1.29, 1.82) is 0 Å². The summed E-state index contributed by atoms with van der Waals surface area (Å²) in [6, 6.07) is 7.41. The van der Waals surface area contributed by atoms with Gasteiger partial charge in [0, 0.05) is 18.1 Å². The van der Waals surface area contributed by atoms with E-state index in [0.717, 1.165) is 16.8 Å². The topological polar surface area (TPSA) is 67.2 Å². The third kappa shape index (κ3) is 3.58. The second-order valence-corrected chi connectivity index (χ2v) is 5.38. The van der Waals surface area contributed by atoms with Crippen LogP contribution in [-0.2, 0) is 10.4 Å². The summed E-state index contributed by atoms with van der Waals surface area (Å²) in [6.07, 6.45) is 5.86. The molecule has 0 radical (unpaired) electrons. The van der Waals surface area contributed by atoms with E-state index in [1.54, 1.807) is 32.6 Å². The zero-order chi connectivity index (χ0) is 15.5. The first-order chi connectivity index (χ1) is 9.91. The number of aromatic nitrogens is 2. The molecule has 110 valence electrons. The van der Waals surface area contributed by atoms with Crippen molar-refractivity contribution in [3.8, 4) is 0 Å². The lowest BCUT2D eigenvalue weighted by Gasteiger charge is -2.18. The maximum atomic E-state index is 10.8. The van der Waals surface area contributed by atoms with Crippen molar-refractivity contribution >= 4 is 18.3 Å². The molecule has 0 aliphatic heterocycles. The quantitative estimate of drug-likeness (QED) is 0.827. The predicted molar refractivity (Wildman–Crippen MR) is 82.0 cm³/mol. The molecule has 5 heteroatoms. The highest BCUT2D eigenvalue weighted by Crippen LogP contribution is 2.22. The monoisotopic (exact) mass is 285 g/mol. The largest absolute Gasteiger partial charge is 0.386 e. The molecule has 1 amide bonds. The summed E-state index contributed by atoms with van der Waals surface area (Å²) in [6.45, 7) is 5.40.